The van der Waals surface area contributed by atoms with Crippen molar-refractivity contribution in [1.82, 2.24) is 0 Å². The summed E-state index contributed by atoms with van der Waals surface area (Å²) in [5.74, 6) is 0.694. The highest BCUT2D eigenvalue weighted by Crippen LogP contribution is 2.23. The summed E-state index contributed by atoms with van der Waals surface area (Å²) in [5.41, 5.74) is 0. The van der Waals surface area contributed by atoms with Gasteiger partial charge in [0.05, 0.1) is 0 Å². The Morgan fingerprint density at radius 3 is 3.00 bits per heavy atom. The van der Waals surface area contributed by atoms with E-state index in [2.05, 4.69) is 33.5 Å². The summed E-state index contributed by atoms with van der Waals surface area (Å²) in [7, 11) is 0. The maximum Gasteiger partial charge on any atom is 0.0409 e. The smallest absolute Gasteiger partial charge is 0.0409 e. The highest BCUT2D eigenvalue weighted by atomic mass is 79.9. The van der Waals surface area contributed by atoms with Gasteiger partial charge in [0.2, 0.25) is 0 Å². The van der Waals surface area contributed by atoms with Crippen LogP contribution in [0.15, 0.2) is 22.0 Å². The Balaban J connectivity index is 2.56. The van der Waals surface area contributed by atoms with Crippen molar-refractivity contribution in [1.29, 1.82) is 0 Å². The maximum atomic E-state index is 5.52. The number of thiophene rings is 1. The van der Waals surface area contributed by atoms with Crippen LogP contribution in [0.25, 0.3) is 6.08 Å². The van der Waals surface area contributed by atoms with Gasteiger partial charge in [-0.15, -0.1) is 22.9 Å². The molecule has 1 rings (SSSR count). The zero-order valence-electron chi connectivity index (χ0n) is 5.89. The standard InChI is InChI=1S/C8H8BrClS/c9-7-4-6-11-8(7)3-1-2-5-10/h1,3-4,6H,2,5H2. The Morgan fingerprint density at radius 1 is 1.64 bits per heavy atom. The van der Waals surface area contributed by atoms with E-state index in [1.807, 2.05) is 6.07 Å². The predicted molar refractivity (Wildman–Crippen MR) is 56.4 cm³/mol. The first-order valence-corrected chi connectivity index (χ1v) is 5.51. The molecule has 0 fully saturated rings. The molecule has 0 aliphatic rings. The lowest BCUT2D eigenvalue weighted by Gasteiger charge is -1.86. The topological polar surface area (TPSA) is 0 Å². The third-order valence-corrected chi connectivity index (χ3v) is 3.24. The fourth-order valence-corrected chi connectivity index (χ4v) is 2.23. The van der Waals surface area contributed by atoms with Gasteiger partial charge < -0.3 is 0 Å². The summed E-state index contributed by atoms with van der Waals surface area (Å²) in [6.07, 6.45) is 5.12. The zero-order valence-corrected chi connectivity index (χ0v) is 9.05. The molecule has 11 heavy (non-hydrogen) atoms. The molecule has 0 aromatic carbocycles. The van der Waals surface area contributed by atoms with E-state index < -0.39 is 0 Å². The van der Waals surface area contributed by atoms with Crippen molar-refractivity contribution < 1.29 is 0 Å². The minimum Gasteiger partial charge on any atom is -0.143 e. The van der Waals surface area contributed by atoms with Gasteiger partial charge in [-0.3, -0.25) is 0 Å². The van der Waals surface area contributed by atoms with Crippen LogP contribution in [-0.2, 0) is 0 Å². The Bertz CT molecular complexity index is 242. The molecule has 60 valence electrons. The Morgan fingerprint density at radius 2 is 2.45 bits per heavy atom. The SMILES string of the molecule is ClCCC=Cc1sccc1Br. The third kappa shape index (κ3) is 2.97. The molecular formula is C8H8BrClS. The summed E-state index contributed by atoms with van der Waals surface area (Å²) < 4.78 is 1.16. The fraction of sp³-hybridized carbons (Fsp3) is 0.250. The van der Waals surface area contributed by atoms with Gasteiger partial charge in [-0.2, -0.15) is 0 Å². The molecule has 0 aliphatic heterocycles. The zero-order chi connectivity index (χ0) is 8.10. The van der Waals surface area contributed by atoms with E-state index in [0.29, 0.717) is 5.88 Å². The molecule has 3 heteroatoms. The molecule has 0 saturated carbocycles. The normalized spacial score (nSPS) is 11.1. The van der Waals surface area contributed by atoms with Crippen LogP contribution in [0.2, 0.25) is 0 Å². The van der Waals surface area contributed by atoms with E-state index in [-0.39, 0.29) is 0 Å². The van der Waals surface area contributed by atoms with Crippen LogP contribution in [0.3, 0.4) is 0 Å². The average Bonchev–Trinajstić information content (AvgIpc) is 2.37. The van der Waals surface area contributed by atoms with Gasteiger partial charge in [-0.05, 0) is 39.9 Å². The molecule has 0 radical (unpaired) electrons. The number of alkyl halides is 1. The maximum absolute atomic E-state index is 5.52. The highest BCUT2D eigenvalue weighted by Gasteiger charge is 1.94. The molecule has 1 heterocycles. The number of hydrogen-bond acceptors (Lipinski definition) is 1. The first kappa shape index (κ1) is 9.30. The van der Waals surface area contributed by atoms with E-state index in [1.54, 1.807) is 11.3 Å². The molecule has 0 saturated heterocycles. The van der Waals surface area contributed by atoms with Crippen LogP contribution in [-0.4, -0.2) is 5.88 Å². The Kier molecular flexibility index (Phi) is 4.20. The lowest BCUT2D eigenvalue weighted by Crippen LogP contribution is -1.66. The van der Waals surface area contributed by atoms with Crippen LogP contribution in [0, 0.1) is 0 Å². The first-order valence-electron chi connectivity index (χ1n) is 3.30. The van der Waals surface area contributed by atoms with Gasteiger partial charge in [0.15, 0.2) is 0 Å². The van der Waals surface area contributed by atoms with Gasteiger partial charge in [-0.25, -0.2) is 0 Å². The minimum absolute atomic E-state index is 0.694. The summed E-state index contributed by atoms with van der Waals surface area (Å²) in [4.78, 5) is 1.26. The van der Waals surface area contributed by atoms with Crippen molar-refractivity contribution in [2.75, 3.05) is 5.88 Å². The molecule has 0 spiro atoms. The van der Waals surface area contributed by atoms with E-state index >= 15 is 0 Å². The molecule has 1 aromatic heterocycles. The Labute approximate surface area is 84.0 Å². The monoisotopic (exact) mass is 250 g/mol. The second-order valence-electron chi connectivity index (χ2n) is 2.01. The number of hydrogen-bond donors (Lipinski definition) is 0. The van der Waals surface area contributed by atoms with Crippen molar-refractivity contribution in [3.8, 4) is 0 Å². The summed E-state index contributed by atoms with van der Waals surface area (Å²) in [6, 6.07) is 2.05. The summed E-state index contributed by atoms with van der Waals surface area (Å²) >= 11 is 10.7. The van der Waals surface area contributed by atoms with Crippen molar-refractivity contribution in [3.05, 3.63) is 26.9 Å². The fourth-order valence-electron chi connectivity index (χ4n) is 0.678. The lowest BCUT2D eigenvalue weighted by atomic mass is 10.3. The van der Waals surface area contributed by atoms with Gasteiger partial charge in [0.1, 0.15) is 0 Å². The quantitative estimate of drug-likeness (QED) is 0.708. The van der Waals surface area contributed by atoms with Crippen molar-refractivity contribution in [2.45, 2.75) is 6.42 Å². The largest absolute Gasteiger partial charge is 0.143 e. The van der Waals surface area contributed by atoms with Gasteiger partial charge in [0.25, 0.3) is 0 Å². The van der Waals surface area contributed by atoms with Crippen molar-refractivity contribution in [2.24, 2.45) is 0 Å². The number of allylic oxidation sites excluding steroid dienone is 1. The summed E-state index contributed by atoms with van der Waals surface area (Å²) in [6.45, 7) is 0. The van der Waals surface area contributed by atoms with Gasteiger partial charge >= 0.3 is 0 Å². The van der Waals surface area contributed by atoms with Crippen molar-refractivity contribution in [3.63, 3.8) is 0 Å². The van der Waals surface area contributed by atoms with E-state index in [0.717, 1.165) is 10.9 Å². The predicted octanol–water partition coefficient (Wildman–Crippen LogP) is 4.15. The second kappa shape index (κ2) is 4.96. The molecule has 0 amide bonds. The number of rotatable bonds is 3. The Hall–Kier alpha value is 0.210. The van der Waals surface area contributed by atoms with E-state index in [4.69, 9.17) is 11.6 Å². The lowest BCUT2D eigenvalue weighted by molar-refractivity contribution is 1.25. The average molecular weight is 252 g/mol. The third-order valence-electron chi connectivity index (χ3n) is 1.19. The molecule has 0 N–H and O–H groups in total. The summed E-state index contributed by atoms with van der Waals surface area (Å²) in [5, 5.41) is 2.06. The van der Waals surface area contributed by atoms with Crippen LogP contribution in [0.4, 0.5) is 0 Å². The van der Waals surface area contributed by atoms with Crippen LogP contribution in [0.1, 0.15) is 11.3 Å². The molecule has 0 bridgehead atoms. The van der Waals surface area contributed by atoms with E-state index in [9.17, 15) is 0 Å². The number of halogens is 2. The first-order chi connectivity index (χ1) is 5.34. The van der Waals surface area contributed by atoms with E-state index in [1.165, 1.54) is 4.88 Å². The minimum atomic E-state index is 0.694. The van der Waals surface area contributed by atoms with Crippen LogP contribution < -0.4 is 0 Å². The van der Waals surface area contributed by atoms with Gasteiger partial charge in [0, 0.05) is 15.2 Å². The van der Waals surface area contributed by atoms with Crippen molar-refractivity contribution >= 4 is 44.9 Å². The molecule has 1 aromatic rings. The molecule has 0 atom stereocenters. The van der Waals surface area contributed by atoms with Crippen LogP contribution >= 0.6 is 38.9 Å². The molecule has 0 unspecified atom stereocenters. The van der Waals surface area contributed by atoms with Gasteiger partial charge in [-0.1, -0.05) is 6.08 Å². The molecule has 0 aliphatic carbocycles. The highest BCUT2D eigenvalue weighted by molar-refractivity contribution is 9.10. The molecular weight excluding hydrogens is 244 g/mol. The molecule has 0 nitrogen and oxygen atoms in total. The second-order valence-corrected chi connectivity index (χ2v) is 4.19. The van der Waals surface area contributed by atoms with Crippen LogP contribution in [0.5, 0.6) is 0 Å².